The molecule has 4 nitrogen and oxygen atoms in total. The Morgan fingerprint density at radius 1 is 1.32 bits per heavy atom. The van der Waals surface area contributed by atoms with Gasteiger partial charge in [-0.2, -0.15) is 0 Å². The Bertz CT molecular complexity index is 562. The lowest BCUT2D eigenvalue weighted by molar-refractivity contribution is 0.218. The third-order valence-corrected chi connectivity index (χ3v) is 5.89. The summed E-state index contributed by atoms with van der Waals surface area (Å²) < 4.78 is 7.58. The smallest absolute Gasteiger partial charge is 0.191 e. The molecule has 0 spiro atoms. The lowest BCUT2D eigenvalue weighted by Crippen LogP contribution is -2.17. The predicted molar refractivity (Wildman–Crippen MR) is 91.9 cm³/mol. The molecule has 1 aliphatic rings. The molecular formula is C16H23N3OS2. The van der Waals surface area contributed by atoms with Gasteiger partial charge in [-0.1, -0.05) is 37.1 Å². The van der Waals surface area contributed by atoms with Crippen LogP contribution in [0, 0.1) is 0 Å². The molecule has 1 saturated carbocycles. The van der Waals surface area contributed by atoms with Gasteiger partial charge in [-0.05, 0) is 24.3 Å². The minimum Gasteiger partial charge on any atom is -0.384 e. The Balaban J connectivity index is 1.81. The van der Waals surface area contributed by atoms with Crippen molar-refractivity contribution in [3.8, 4) is 0 Å². The first kappa shape index (κ1) is 16.0. The molecule has 0 atom stereocenters. The van der Waals surface area contributed by atoms with Crippen molar-refractivity contribution < 1.29 is 4.74 Å². The molecule has 0 bridgehead atoms. The molecule has 2 aromatic rings. The number of ether oxygens (including phenoxy) is 1. The molecule has 22 heavy (non-hydrogen) atoms. The number of nitrogens with zero attached hydrogens (tertiary/aromatic N) is 3. The fourth-order valence-corrected chi connectivity index (χ4v) is 4.64. The highest BCUT2D eigenvalue weighted by atomic mass is 32.2. The molecular weight excluding hydrogens is 314 g/mol. The second-order valence-electron chi connectivity index (χ2n) is 5.66. The molecule has 120 valence electrons. The molecule has 0 unspecified atom stereocenters. The van der Waals surface area contributed by atoms with Crippen LogP contribution in [-0.4, -0.2) is 34.2 Å². The van der Waals surface area contributed by atoms with Crippen molar-refractivity contribution in [2.75, 3.05) is 19.5 Å². The van der Waals surface area contributed by atoms with Gasteiger partial charge in [0, 0.05) is 30.2 Å². The largest absolute Gasteiger partial charge is 0.384 e. The number of methoxy groups -OCH3 is 1. The van der Waals surface area contributed by atoms with Crippen molar-refractivity contribution in [2.24, 2.45) is 0 Å². The molecule has 1 aliphatic carbocycles. The van der Waals surface area contributed by atoms with Crippen LogP contribution < -0.4 is 0 Å². The van der Waals surface area contributed by atoms with Gasteiger partial charge in [0.15, 0.2) is 5.16 Å². The number of hydrogen-bond acceptors (Lipinski definition) is 5. The fraction of sp³-hybridized carbons (Fsp3) is 0.625. The quantitative estimate of drug-likeness (QED) is 0.561. The topological polar surface area (TPSA) is 39.9 Å². The van der Waals surface area contributed by atoms with Crippen molar-refractivity contribution in [1.82, 2.24) is 14.8 Å². The first-order valence-corrected chi connectivity index (χ1v) is 9.83. The number of aromatic nitrogens is 3. The lowest BCUT2D eigenvalue weighted by atomic mass is 9.95. The zero-order valence-corrected chi connectivity index (χ0v) is 14.7. The minimum absolute atomic E-state index is 0.573. The standard InChI is InChI=1S/C16H23N3OS2/c1-20-9-11-22-16-18-17-15(12-14-8-5-10-21-14)19(16)13-6-3-2-4-7-13/h5,8,10,13H,2-4,6-7,9,11-12H2,1H3. The molecule has 0 amide bonds. The molecule has 0 aliphatic heterocycles. The molecule has 6 heteroatoms. The Morgan fingerprint density at radius 2 is 2.18 bits per heavy atom. The van der Waals surface area contributed by atoms with Crippen LogP contribution in [0.2, 0.25) is 0 Å². The number of hydrogen-bond donors (Lipinski definition) is 0. The molecule has 0 saturated heterocycles. The van der Waals surface area contributed by atoms with Gasteiger partial charge in [0.1, 0.15) is 5.82 Å². The van der Waals surface area contributed by atoms with Gasteiger partial charge < -0.3 is 9.30 Å². The maximum Gasteiger partial charge on any atom is 0.191 e. The molecule has 1 fully saturated rings. The molecule has 0 radical (unpaired) electrons. The van der Waals surface area contributed by atoms with Gasteiger partial charge in [0.25, 0.3) is 0 Å². The van der Waals surface area contributed by atoms with E-state index in [1.54, 1.807) is 30.2 Å². The van der Waals surface area contributed by atoms with Gasteiger partial charge in [0.2, 0.25) is 0 Å². The number of rotatable bonds is 7. The van der Waals surface area contributed by atoms with E-state index in [9.17, 15) is 0 Å². The van der Waals surface area contributed by atoms with Crippen LogP contribution in [0.4, 0.5) is 0 Å². The maximum atomic E-state index is 5.16. The zero-order chi connectivity index (χ0) is 15.2. The van der Waals surface area contributed by atoms with Gasteiger partial charge >= 0.3 is 0 Å². The summed E-state index contributed by atoms with van der Waals surface area (Å²) >= 11 is 3.56. The highest BCUT2D eigenvalue weighted by Crippen LogP contribution is 2.33. The van der Waals surface area contributed by atoms with Crippen LogP contribution in [-0.2, 0) is 11.2 Å². The second kappa shape index (κ2) is 8.13. The molecule has 2 aromatic heterocycles. The highest BCUT2D eigenvalue weighted by molar-refractivity contribution is 7.99. The lowest BCUT2D eigenvalue weighted by Gasteiger charge is -2.25. The average Bonchev–Trinajstić information content (AvgIpc) is 3.19. The summed E-state index contributed by atoms with van der Waals surface area (Å²) in [6.45, 7) is 0.752. The van der Waals surface area contributed by atoms with Crippen LogP contribution in [0.15, 0.2) is 22.7 Å². The van der Waals surface area contributed by atoms with Crippen LogP contribution in [0.25, 0.3) is 0 Å². The third-order valence-electron chi connectivity index (χ3n) is 4.11. The van der Waals surface area contributed by atoms with E-state index in [-0.39, 0.29) is 0 Å². The fourth-order valence-electron chi connectivity index (χ4n) is 3.02. The van der Waals surface area contributed by atoms with Crippen LogP contribution in [0.3, 0.4) is 0 Å². The number of thiophene rings is 1. The summed E-state index contributed by atoms with van der Waals surface area (Å²) in [5, 5.41) is 12.2. The van der Waals surface area contributed by atoms with Crippen molar-refractivity contribution in [3.63, 3.8) is 0 Å². The number of thioether (sulfide) groups is 1. The molecule has 2 heterocycles. The SMILES string of the molecule is COCCSc1nnc(Cc2cccs2)n1C1CCCCC1. The van der Waals surface area contributed by atoms with E-state index in [4.69, 9.17) is 4.74 Å². The van der Waals surface area contributed by atoms with Crippen molar-refractivity contribution in [3.05, 3.63) is 28.2 Å². The van der Waals surface area contributed by atoms with Crippen LogP contribution in [0.1, 0.15) is 48.8 Å². The summed E-state index contributed by atoms with van der Waals surface area (Å²) in [5.74, 6) is 2.05. The van der Waals surface area contributed by atoms with Crippen LogP contribution >= 0.6 is 23.1 Å². The normalized spacial score (nSPS) is 16.2. The van der Waals surface area contributed by atoms with Crippen molar-refractivity contribution in [2.45, 2.75) is 49.7 Å². The third kappa shape index (κ3) is 3.91. The minimum atomic E-state index is 0.573. The summed E-state index contributed by atoms with van der Waals surface area (Å²) in [7, 11) is 1.74. The van der Waals surface area contributed by atoms with Crippen molar-refractivity contribution >= 4 is 23.1 Å². The van der Waals surface area contributed by atoms with Gasteiger partial charge in [0.05, 0.1) is 6.61 Å². The Morgan fingerprint density at radius 3 is 2.91 bits per heavy atom. The highest BCUT2D eigenvalue weighted by Gasteiger charge is 2.23. The Labute approximate surface area is 140 Å². The average molecular weight is 338 g/mol. The molecule has 0 aromatic carbocycles. The molecule has 0 N–H and O–H groups in total. The second-order valence-corrected chi connectivity index (χ2v) is 7.75. The van der Waals surface area contributed by atoms with Crippen molar-refractivity contribution in [1.29, 1.82) is 0 Å². The molecule has 3 rings (SSSR count). The van der Waals surface area contributed by atoms with E-state index in [1.807, 2.05) is 0 Å². The van der Waals surface area contributed by atoms with Crippen LogP contribution in [0.5, 0.6) is 0 Å². The van der Waals surface area contributed by atoms with E-state index in [1.165, 1.54) is 37.0 Å². The van der Waals surface area contributed by atoms with Gasteiger partial charge in [-0.25, -0.2) is 0 Å². The van der Waals surface area contributed by atoms with E-state index in [2.05, 4.69) is 32.3 Å². The van der Waals surface area contributed by atoms with E-state index in [0.717, 1.165) is 29.8 Å². The van der Waals surface area contributed by atoms with E-state index < -0.39 is 0 Å². The van der Waals surface area contributed by atoms with Gasteiger partial charge in [-0.3, -0.25) is 0 Å². The monoisotopic (exact) mass is 337 g/mol. The Kier molecular flexibility index (Phi) is 5.92. The zero-order valence-electron chi connectivity index (χ0n) is 13.0. The van der Waals surface area contributed by atoms with E-state index in [0.29, 0.717) is 6.04 Å². The summed E-state index contributed by atoms with van der Waals surface area (Å²) in [5.41, 5.74) is 0. The Hall–Kier alpha value is -0.850. The first-order valence-electron chi connectivity index (χ1n) is 7.96. The van der Waals surface area contributed by atoms with E-state index >= 15 is 0 Å². The maximum absolute atomic E-state index is 5.16. The van der Waals surface area contributed by atoms with Gasteiger partial charge in [-0.15, -0.1) is 21.5 Å². The predicted octanol–water partition coefficient (Wildman–Crippen LogP) is 4.17. The summed E-state index contributed by atoms with van der Waals surface area (Å²) in [6.07, 6.45) is 7.42. The summed E-state index contributed by atoms with van der Waals surface area (Å²) in [4.78, 5) is 1.36. The summed E-state index contributed by atoms with van der Waals surface area (Å²) in [6, 6.07) is 4.86. The first-order chi connectivity index (χ1) is 10.9.